The fourth-order valence-corrected chi connectivity index (χ4v) is 4.96. The molecule has 1 heterocycles. The lowest BCUT2D eigenvalue weighted by atomic mass is 9.81. The van der Waals surface area contributed by atoms with E-state index >= 15 is 0 Å². The third kappa shape index (κ3) is 3.09. The van der Waals surface area contributed by atoms with E-state index in [1.165, 1.54) is 0 Å². The van der Waals surface area contributed by atoms with Gasteiger partial charge in [-0.1, -0.05) is 42.5 Å². The van der Waals surface area contributed by atoms with Crippen molar-refractivity contribution < 1.29 is 9.53 Å². The fraction of sp³-hybridized carbons (Fsp3) is 0.292. The van der Waals surface area contributed by atoms with Crippen LogP contribution in [-0.2, 0) is 11.3 Å². The van der Waals surface area contributed by atoms with Crippen LogP contribution in [0.25, 0.3) is 10.9 Å². The molecule has 30 heavy (non-hydrogen) atoms. The number of nitrogens with one attached hydrogen (secondary N) is 2. The van der Waals surface area contributed by atoms with Crippen LogP contribution in [0.4, 0.5) is 0 Å². The zero-order valence-corrected chi connectivity index (χ0v) is 16.7. The number of methoxy groups -OCH3 is 1. The Kier molecular flexibility index (Phi) is 4.62. The molecular weight excluding hydrogens is 378 g/mol. The predicted octanol–water partition coefficient (Wildman–Crippen LogP) is 3.15. The largest absolute Gasteiger partial charge is 0.496 e. The molecule has 0 saturated heterocycles. The van der Waals surface area contributed by atoms with E-state index in [0.717, 1.165) is 17.7 Å². The van der Waals surface area contributed by atoms with E-state index in [9.17, 15) is 9.59 Å². The minimum Gasteiger partial charge on any atom is -0.496 e. The maximum absolute atomic E-state index is 13.2. The number of hydrogen-bond donors (Lipinski definition) is 2. The van der Waals surface area contributed by atoms with Crippen LogP contribution < -0.4 is 15.6 Å². The van der Waals surface area contributed by atoms with Gasteiger partial charge in [0.25, 0.3) is 5.56 Å². The molecule has 6 nitrogen and oxygen atoms in total. The normalized spacial score (nSPS) is 24.3. The monoisotopic (exact) mass is 401 g/mol. The molecule has 0 aliphatic heterocycles. The number of rotatable bonds is 5. The van der Waals surface area contributed by atoms with E-state index in [4.69, 9.17) is 9.72 Å². The average molecular weight is 401 g/mol. The van der Waals surface area contributed by atoms with Crippen LogP contribution in [0.2, 0.25) is 0 Å². The molecule has 0 unspecified atom stereocenters. The number of aromatic amines is 1. The van der Waals surface area contributed by atoms with Crippen LogP contribution >= 0.6 is 0 Å². The van der Waals surface area contributed by atoms with Crippen molar-refractivity contribution in [2.45, 2.75) is 18.9 Å². The highest BCUT2D eigenvalue weighted by Crippen LogP contribution is 2.52. The molecule has 3 aromatic rings. The van der Waals surface area contributed by atoms with E-state index in [-0.39, 0.29) is 35.1 Å². The summed E-state index contributed by atoms with van der Waals surface area (Å²) in [7, 11) is 1.62. The Bertz CT molecular complexity index is 1200. The zero-order valence-electron chi connectivity index (χ0n) is 16.7. The number of ether oxygens (including phenoxy) is 1. The van der Waals surface area contributed by atoms with Crippen LogP contribution in [-0.4, -0.2) is 23.0 Å². The number of H-pyrrole nitrogens is 1. The quantitative estimate of drug-likeness (QED) is 0.644. The average Bonchev–Trinajstić information content (AvgIpc) is 3.39. The molecule has 0 spiro atoms. The molecule has 2 N–H and O–H groups in total. The number of amides is 1. The Balaban J connectivity index is 1.44. The molecule has 0 radical (unpaired) electrons. The lowest BCUT2D eigenvalue weighted by molar-refractivity contribution is -0.126. The summed E-state index contributed by atoms with van der Waals surface area (Å²) in [4.78, 5) is 33.5. The number of carbonyl (C=O) groups excluding carboxylic acids is 1. The molecule has 1 aromatic heterocycles. The minimum atomic E-state index is -0.251. The van der Waals surface area contributed by atoms with E-state index in [2.05, 4.69) is 22.5 Å². The summed E-state index contributed by atoms with van der Waals surface area (Å²) in [6.45, 7) is 0.398. The molecular formula is C24H23N3O3. The van der Waals surface area contributed by atoms with Crippen molar-refractivity contribution in [2.75, 3.05) is 7.11 Å². The third-order valence-corrected chi connectivity index (χ3v) is 6.35. The van der Waals surface area contributed by atoms with Gasteiger partial charge < -0.3 is 15.0 Å². The molecule has 6 heteroatoms. The van der Waals surface area contributed by atoms with Crippen LogP contribution in [0.15, 0.2) is 65.5 Å². The summed E-state index contributed by atoms with van der Waals surface area (Å²) >= 11 is 0. The fourth-order valence-electron chi connectivity index (χ4n) is 4.96. The van der Waals surface area contributed by atoms with Crippen molar-refractivity contribution in [1.29, 1.82) is 0 Å². The Morgan fingerprint density at radius 2 is 1.90 bits per heavy atom. The van der Waals surface area contributed by atoms with E-state index in [1.54, 1.807) is 13.2 Å². The second-order valence-electron chi connectivity index (χ2n) is 8.00. The van der Waals surface area contributed by atoms with Gasteiger partial charge in [0.2, 0.25) is 5.91 Å². The zero-order chi connectivity index (χ0) is 20.7. The Labute approximate surface area is 174 Å². The highest BCUT2D eigenvalue weighted by Gasteiger charge is 2.49. The van der Waals surface area contributed by atoms with Crippen molar-refractivity contribution in [3.05, 3.63) is 82.4 Å². The van der Waals surface area contributed by atoms with Gasteiger partial charge in [0.15, 0.2) is 0 Å². The lowest BCUT2D eigenvalue weighted by Crippen LogP contribution is -2.37. The van der Waals surface area contributed by atoms with Crippen LogP contribution in [0.5, 0.6) is 5.75 Å². The van der Waals surface area contributed by atoms with Gasteiger partial charge in [-0.15, -0.1) is 0 Å². The molecule has 152 valence electrons. The summed E-state index contributed by atoms with van der Waals surface area (Å²) in [5.74, 6) is 1.33. The van der Waals surface area contributed by atoms with Gasteiger partial charge in [-0.05, 0) is 36.5 Å². The van der Waals surface area contributed by atoms with Crippen LogP contribution in [0, 0.1) is 17.8 Å². The summed E-state index contributed by atoms with van der Waals surface area (Å²) in [5, 5.41) is 3.65. The molecule has 2 aromatic carbocycles. The van der Waals surface area contributed by atoms with Gasteiger partial charge >= 0.3 is 0 Å². The molecule has 2 aliphatic rings. The number of benzene rings is 2. The minimum absolute atomic E-state index is 0.0152. The predicted molar refractivity (Wildman–Crippen MR) is 114 cm³/mol. The van der Waals surface area contributed by atoms with Gasteiger partial charge in [0.1, 0.15) is 11.6 Å². The highest BCUT2D eigenvalue weighted by molar-refractivity contribution is 5.82. The maximum Gasteiger partial charge on any atom is 0.258 e. The molecule has 2 aliphatic carbocycles. The number of fused-ring (bicyclic) bond motifs is 3. The van der Waals surface area contributed by atoms with Crippen molar-refractivity contribution in [3.8, 4) is 5.75 Å². The van der Waals surface area contributed by atoms with Crippen LogP contribution in [0.3, 0.4) is 0 Å². The topological polar surface area (TPSA) is 84.1 Å². The van der Waals surface area contributed by atoms with E-state index in [0.29, 0.717) is 23.3 Å². The molecule has 2 bridgehead atoms. The maximum atomic E-state index is 13.2. The first-order chi connectivity index (χ1) is 14.7. The second kappa shape index (κ2) is 7.44. The summed E-state index contributed by atoms with van der Waals surface area (Å²) < 4.78 is 5.38. The number of aromatic nitrogens is 2. The highest BCUT2D eigenvalue weighted by atomic mass is 16.5. The SMILES string of the molecule is COc1ccccc1CNC(=O)[C@@H]1[C@H](c2nc3ccccc3c(=O)[nH]2)[C@H]2C=C[C@H]1C2. The summed E-state index contributed by atoms with van der Waals surface area (Å²) in [6, 6.07) is 15.0. The van der Waals surface area contributed by atoms with Gasteiger partial charge in [-0.25, -0.2) is 4.98 Å². The summed E-state index contributed by atoms with van der Waals surface area (Å²) in [6.07, 6.45) is 5.20. The number of para-hydroxylation sites is 2. The summed E-state index contributed by atoms with van der Waals surface area (Å²) in [5.41, 5.74) is 1.44. The molecule has 4 atom stereocenters. The van der Waals surface area contributed by atoms with Gasteiger partial charge in [0, 0.05) is 18.0 Å². The van der Waals surface area contributed by atoms with E-state index < -0.39 is 0 Å². The second-order valence-corrected chi connectivity index (χ2v) is 8.00. The number of carbonyl (C=O) groups is 1. The number of allylic oxidation sites excluding steroid dienone is 2. The Morgan fingerprint density at radius 3 is 2.77 bits per heavy atom. The van der Waals surface area contributed by atoms with E-state index in [1.807, 2.05) is 42.5 Å². The standard InChI is InChI=1S/C24H23N3O3/c1-30-19-9-5-2-6-16(19)13-25-24(29)21-15-11-10-14(12-15)20(21)22-26-18-8-4-3-7-17(18)23(28)27-22/h2-11,14-15,20-21H,12-13H2,1H3,(H,25,29)(H,26,27,28)/t14-,15-,20+,21-/m0/s1. The van der Waals surface area contributed by atoms with Crippen molar-refractivity contribution >= 4 is 16.8 Å². The lowest BCUT2D eigenvalue weighted by Gasteiger charge is -2.26. The first-order valence-electron chi connectivity index (χ1n) is 10.2. The van der Waals surface area contributed by atoms with Crippen molar-refractivity contribution in [1.82, 2.24) is 15.3 Å². The van der Waals surface area contributed by atoms with Gasteiger partial charge in [-0.3, -0.25) is 9.59 Å². The molecule has 1 saturated carbocycles. The molecule has 1 amide bonds. The molecule has 5 rings (SSSR count). The third-order valence-electron chi connectivity index (χ3n) is 6.35. The number of nitrogens with zero attached hydrogens (tertiary/aromatic N) is 1. The van der Waals surface area contributed by atoms with Gasteiger partial charge in [-0.2, -0.15) is 0 Å². The van der Waals surface area contributed by atoms with Crippen molar-refractivity contribution in [3.63, 3.8) is 0 Å². The number of hydrogen-bond acceptors (Lipinski definition) is 4. The van der Waals surface area contributed by atoms with Gasteiger partial charge in [0.05, 0.1) is 23.9 Å². The first kappa shape index (κ1) is 18.6. The molecule has 1 fully saturated rings. The first-order valence-corrected chi connectivity index (χ1v) is 10.2. The van der Waals surface area contributed by atoms with Crippen LogP contribution in [0.1, 0.15) is 23.7 Å². The van der Waals surface area contributed by atoms with Crippen molar-refractivity contribution in [2.24, 2.45) is 17.8 Å². The Morgan fingerprint density at radius 1 is 1.13 bits per heavy atom. The Hall–Kier alpha value is -3.41. The smallest absolute Gasteiger partial charge is 0.258 e.